The molecular weight excluding hydrogens is 384 g/mol. The molecule has 0 aliphatic rings. The molecule has 1 N–H and O–H groups in total. The lowest BCUT2D eigenvalue weighted by atomic mass is 10.2. The third-order valence-electron chi connectivity index (χ3n) is 3.15. The predicted molar refractivity (Wildman–Crippen MR) is 102 cm³/mol. The van der Waals surface area contributed by atoms with E-state index < -0.39 is 6.10 Å². The number of hydrazone groups is 1. The van der Waals surface area contributed by atoms with E-state index in [0.29, 0.717) is 12.4 Å². The minimum Gasteiger partial charge on any atom is -0.490 e. The highest BCUT2D eigenvalue weighted by atomic mass is 79.9. The summed E-state index contributed by atoms with van der Waals surface area (Å²) in [7, 11) is 0. The molecule has 130 valence electrons. The summed E-state index contributed by atoms with van der Waals surface area (Å²) in [6.45, 7) is 5.72. The van der Waals surface area contributed by atoms with Crippen LogP contribution in [0.5, 0.6) is 11.5 Å². The second-order valence-electron chi connectivity index (χ2n) is 5.09. The van der Waals surface area contributed by atoms with Crippen LogP contribution in [0.4, 0.5) is 0 Å². The molecule has 25 heavy (non-hydrogen) atoms. The Morgan fingerprint density at radius 1 is 1.28 bits per heavy atom. The van der Waals surface area contributed by atoms with E-state index in [-0.39, 0.29) is 5.91 Å². The van der Waals surface area contributed by atoms with Crippen molar-refractivity contribution in [2.45, 2.75) is 13.0 Å². The Morgan fingerprint density at radius 3 is 2.68 bits per heavy atom. The molecule has 0 saturated heterocycles. The van der Waals surface area contributed by atoms with E-state index in [1.807, 2.05) is 42.5 Å². The van der Waals surface area contributed by atoms with Crippen molar-refractivity contribution in [3.8, 4) is 11.5 Å². The maximum atomic E-state index is 12.0. The Balaban J connectivity index is 1.85. The standard InChI is InChI=1S/C19H19BrN2O3/c1-3-12-24-16-10-8-15(9-11-16)13-21-22-19(23)14(2)25-18-7-5-4-6-17(18)20/h3-11,13-14H,1,12H2,2H3,(H,22,23)/t14-/m0/s1. The number of benzene rings is 2. The van der Waals surface area contributed by atoms with Gasteiger partial charge in [0.05, 0.1) is 10.7 Å². The molecule has 1 atom stereocenters. The summed E-state index contributed by atoms with van der Waals surface area (Å²) < 4.78 is 11.8. The van der Waals surface area contributed by atoms with E-state index in [1.165, 1.54) is 0 Å². The third kappa shape index (κ3) is 6.08. The monoisotopic (exact) mass is 402 g/mol. The molecule has 0 aliphatic heterocycles. The number of carbonyl (C=O) groups is 1. The molecule has 2 rings (SSSR count). The van der Waals surface area contributed by atoms with Crippen molar-refractivity contribution < 1.29 is 14.3 Å². The summed E-state index contributed by atoms with van der Waals surface area (Å²) >= 11 is 3.38. The fraction of sp³-hybridized carbons (Fsp3) is 0.158. The SMILES string of the molecule is C=CCOc1ccc(C=NNC(=O)[C@H](C)Oc2ccccc2Br)cc1. The molecule has 0 heterocycles. The lowest BCUT2D eigenvalue weighted by Crippen LogP contribution is -2.33. The van der Waals surface area contributed by atoms with Crippen molar-refractivity contribution in [3.05, 3.63) is 71.2 Å². The zero-order valence-corrected chi connectivity index (χ0v) is 15.4. The summed E-state index contributed by atoms with van der Waals surface area (Å²) in [6, 6.07) is 14.7. The van der Waals surface area contributed by atoms with Gasteiger partial charge in [-0.3, -0.25) is 4.79 Å². The maximum Gasteiger partial charge on any atom is 0.280 e. The number of ether oxygens (including phenoxy) is 2. The molecule has 0 unspecified atom stereocenters. The molecule has 0 spiro atoms. The highest BCUT2D eigenvalue weighted by Gasteiger charge is 2.14. The molecule has 0 radical (unpaired) electrons. The molecule has 2 aromatic carbocycles. The van der Waals surface area contributed by atoms with Crippen LogP contribution in [0, 0.1) is 0 Å². The van der Waals surface area contributed by atoms with Crippen LogP contribution in [0.15, 0.2) is 70.8 Å². The van der Waals surface area contributed by atoms with Crippen LogP contribution in [0.1, 0.15) is 12.5 Å². The average molecular weight is 403 g/mol. The van der Waals surface area contributed by atoms with Gasteiger partial charge in [0.1, 0.15) is 18.1 Å². The van der Waals surface area contributed by atoms with Gasteiger partial charge in [0, 0.05) is 0 Å². The Morgan fingerprint density at radius 2 is 2.00 bits per heavy atom. The molecule has 1 amide bonds. The van der Waals surface area contributed by atoms with Gasteiger partial charge in [-0.2, -0.15) is 5.10 Å². The van der Waals surface area contributed by atoms with Crippen LogP contribution in [0.2, 0.25) is 0 Å². The summed E-state index contributed by atoms with van der Waals surface area (Å²) in [6.07, 6.45) is 2.56. The van der Waals surface area contributed by atoms with Crippen LogP contribution in [-0.2, 0) is 4.79 Å². The molecule has 0 aliphatic carbocycles. The number of carbonyl (C=O) groups excluding carboxylic acids is 1. The fourth-order valence-electron chi connectivity index (χ4n) is 1.85. The van der Waals surface area contributed by atoms with E-state index in [2.05, 4.69) is 33.0 Å². The van der Waals surface area contributed by atoms with Gasteiger partial charge in [0.25, 0.3) is 5.91 Å². The summed E-state index contributed by atoms with van der Waals surface area (Å²) in [4.78, 5) is 12.0. The van der Waals surface area contributed by atoms with Crippen molar-refractivity contribution in [2.24, 2.45) is 5.10 Å². The van der Waals surface area contributed by atoms with Crippen molar-refractivity contribution in [1.82, 2.24) is 5.43 Å². The van der Waals surface area contributed by atoms with Crippen LogP contribution in [0.3, 0.4) is 0 Å². The third-order valence-corrected chi connectivity index (χ3v) is 3.80. The largest absolute Gasteiger partial charge is 0.490 e. The Hall–Kier alpha value is -2.60. The Bertz CT molecular complexity index is 745. The lowest BCUT2D eigenvalue weighted by Gasteiger charge is -2.13. The van der Waals surface area contributed by atoms with Crippen LogP contribution in [-0.4, -0.2) is 24.8 Å². The van der Waals surface area contributed by atoms with E-state index >= 15 is 0 Å². The molecule has 2 aromatic rings. The highest BCUT2D eigenvalue weighted by Crippen LogP contribution is 2.24. The molecule has 0 fully saturated rings. The first kappa shape index (κ1) is 18.7. The fourth-order valence-corrected chi connectivity index (χ4v) is 2.23. The number of hydrogen-bond donors (Lipinski definition) is 1. The minimum absolute atomic E-state index is 0.335. The quantitative estimate of drug-likeness (QED) is 0.413. The number of nitrogens with zero attached hydrogens (tertiary/aromatic N) is 1. The number of hydrogen-bond acceptors (Lipinski definition) is 4. The van der Waals surface area contributed by atoms with Gasteiger partial charge in [-0.15, -0.1) is 0 Å². The summed E-state index contributed by atoms with van der Waals surface area (Å²) in [5.74, 6) is 1.01. The first-order valence-electron chi connectivity index (χ1n) is 7.68. The van der Waals surface area contributed by atoms with E-state index in [1.54, 1.807) is 25.3 Å². The smallest absolute Gasteiger partial charge is 0.280 e. The van der Waals surface area contributed by atoms with Crippen molar-refractivity contribution in [1.29, 1.82) is 0 Å². The number of halogens is 1. The number of nitrogens with one attached hydrogen (secondary N) is 1. The van der Waals surface area contributed by atoms with E-state index in [0.717, 1.165) is 15.8 Å². The summed E-state index contributed by atoms with van der Waals surface area (Å²) in [5, 5.41) is 3.95. The van der Waals surface area contributed by atoms with Crippen molar-refractivity contribution in [3.63, 3.8) is 0 Å². The number of amides is 1. The zero-order valence-electron chi connectivity index (χ0n) is 13.8. The molecule has 0 aromatic heterocycles. The zero-order chi connectivity index (χ0) is 18.1. The predicted octanol–water partition coefficient (Wildman–Crippen LogP) is 3.93. The molecule has 6 heteroatoms. The van der Waals surface area contributed by atoms with Crippen LogP contribution >= 0.6 is 15.9 Å². The van der Waals surface area contributed by atoms with Gasteiger partial charge in [-0.25, -0.2) is 5.43 Å². The van der Waals surface area contributed by atoms with E-state index in [9.17, 15) is 4.79 Å². The van der Waals surface area contributed by atoms with Gasteiger partial charge in [0.2, 0.25) is 0 Å². The molecular formula is C19H19BrN2O3. The first-order chi connectivity index (χ1) is 12.1. The van der Waals surface area contributed by atoms with E-state index in [4.69, 9.17) is 9.47 Å². The molecule has 0 bridgehead atoms. The highest BCUT2D eigenvalue weighted by molar-refractivity contribution is 9.10. The normalized spacial score (nSPS) is 11.8. The first-order valence-corrected chi connectivity index (χ1v) is 8.47. The van der Waals surface area contributed by atoms with Gasteiger partial charge in [-0.1, -0.05) is 24.8 Å². The van der Waals surface area contributed by atoms with Crippen LogP contribution in [0.25, 0.3) is 0 Å². The lowest BCUT2D eigenvalue weighted by molar-refractivity contribution is -0.127. The van der Waals surface area contributed by atoms with Gasteiger partial charge >= 0.3 is 0 Å². The van der Waals surface area contributed by atoms with Crippen LogP contribution < -0.4 is 14.9 Å². The van der Waals surface area contributed by atoms with Gasteiger partial charge in [-0.05, 0) is 64.8 Å². The second-order valence-corrected chi connectivity index (χ2v) is 5.95. The minimum atomic E-state index is -0.675. The molecule has 0 saturated carbocycles. The van der Waals surface area contributed by atoms with Gasteiger partial charge < -0.3 is 9.47 Å². The maximum absolute atomic E-state index is 12.0. The number of rotatable bonds is 8. The topological polar surface area (TPSA) is 59.9 Å². The van der Waals surface area contributed by atoms with Crippen molar-refractivity contribution >= 4 is 28.1 Å². The second kappa shape index (κ2) is 9.64. The average Bonchev–Trinajstić information content (AvgIpc) is 2.62. The number of para-hydroxylation sites is 1. The Kier molecular flexibility index (Phi) is 7.22. The Labute approximate surface area is 155 Å². The summed E-state index contributed by atoms with van der Waals surface area (Å²) in [5.41, 5.74) is 3.30. The van der Waals surface area contributed by atoms with Gasteiger partial charge in [0.15, 0.2) is 6.10 Å². The van der Waals surface area contributed by atoms with Crippen molar-refractivity contribution in [2.75, 3.05) is 6.61 Å². The molecule has 5 nitrogen and oxygen atoms in total.